The van der Waals surface area contributed by atoms with Gasteiger partial charge in [-0.15, -0.1) is 12.4 Å². The highest BCUT2D eigenvalue weighted by Gasteiger charge is 2.28. The normalized spacial score (nSPS) is 18.0. The molecule has 0 aromatic heterocycles. The van der Waals surface area contributed by atoms with Crippen molar-refractivity contribution in [2.75, 3.05) is 20.1 Å². The molecule has 2 rings (SSSR count). The molecule has 0 radical (unpaired) electrons. The van der Waals surface area contributed by atoms with Crippen molar-refractivity contribution in [2.45, 2.75) is 23.8 Å². The topological polar surface area (TPSA) is 49.4 Å². The van der Waals surface area contributed by atoms with Gasteiger partial charge in [0, 0.05) is 19.1 Å². The van der Waals surface area contributed by atoms with E-state index in [4.69, 9.17) is 0 Å². The van der Waals surface area contributed by atoms with Crippen molar-refractivity contribution in [3.63, 3.8) is 0 Å². The van der Waals surface area contributed by atoms with Crippen LogP contribution in [0.1, 0.15) is 12.8 Å². The van der Waals surface area contributed by atoms with Crippen LogP contribution >= 0.6 is 12.4 Å². The molecule has 1 heterocycles. The standard InChI is InChI=1S/C12H17FN2O2S.ClH/c1-14-11-6-8-15(9-7-11)18(16,17)12-4-2-10(13)3-5-12;/h2-5,11,14H,6-9H2,1H3;1H. The molecule has 1 aromatic rings. The minimum absolute atomic E-state index is 0. The molecular formula is C12H18ClFN2O2S. The first-order valence-corrected chi connectivity index (χ1v) is 7.41. The zero-order valence-corrected chi connectivity index (χ0v) is 12.3. The number of rotatable bonds is 3. The lowest BCUT2D eigenvalue weighted by Crippen LogP contribution is -2.43. The van der Waals surface area contributed by atoms with E-state index in [9.17, 15) is 12.8 Å². The van der Waals surface area contributed by atoms with Gasteiger partial charge in [-0.05, 0) is 44.2 Å². The van der Waals surface area contributed by atoms with E-state index in [1.54, 1.807) is 0 Å². The van der Waals surface area contributed by atoms with Crippen molar-refractivity contribution in [1.29, 1.82) is 0 Å². The van der Waals surface area contributed by atoms with Crippen LogP contribution in [0.3, 0.4) is 0 Å². The van der Waals surface area contributed by atoms with E-state index in [1.165, 1.54) is 28.6 Å². The number of nitrogens with one attached hydrogen (secondary N) is 1. The third kappa shape index (κ3) is 3.66. The fraction of sp³-hybridized carbons (Fsp3) is 0.500. The molecule has 1 aliphatic heterocycles. The summed E-state index contributed by atoms with van der Waals surface area (Å²) in [4.78, 5) is 0.159. The van der Waals surface area contributed by atoms with E-state index in [0.29, 0.717) is 19.1 Å². The summed E-state index contributed by atoms with van der Waals surface area (Å²) in [7, 11) is -1.59. The molecule has 0 unspecified atom stereocenters. The highest BCUT2D eigenvalue weighted by Crippen LogP contribution is 2.20. The maximum absolute atomic E-state index is 12.8. The largest absolute Gasteiger partial charge is 0.317 e. The smallest absolute Gasteiger partial charge is 0.243 e. The molecule has 0 spiro atoms. The third-order valence-corrected chi connectivity index (χ3v) is 5.23. The van der Waals surface area contributed by atoms with Gasteiger partial charge in [0.05, 0.1) is 4.90 Å². The number of hydrogen-bond acceptors (Lipinski definition) is 3. The molecule has 19 heavy (non-hydrogen) atoms. The molecular weight excluding hydrogens is 291 g/mol. The molecule has 1 fully saturated rings. The van der Waals surface area contributed by atoms with Gasteiger partial charge in [0.2, 0.25) is 10.0 Å². The lowest BCUT2D eigenvalue weighted by molar-refractivity contribution is 0.298. The van der Waals surface area contributed by atoms with Gasteiger partial charge in [0.25, 0.3) is 0 Å². The summed E-state index contributed by atoms with van der Waals surface area (Å²) in [6.07, 6.45) is 1.61. The first-order chi connectivity index (χ1) is 8.54. The van der Waals surface area contributed by atoms with Crippen molar-refractivity contribution >= 4 is 22.4 Å². The summed E-state index contributed by atoms with van der Waals surface area (Å²) in [6.45, 7) is 1.01. The average Bonchev–Trinajstić information content (AvgIpc) is 2.39. The Hall–Kier alpha value is -0.690. The fourth-order valence-electron chi connectivity index (χ4n) is 2.14. The molecule has 7 heteroatoms. The molecule has 0 aliphatic carbocycles. The predicted octanol–water partition coefficient (Wildman–Crippen LogP) is 1.62. The number of benzene rings is 1. The summed E-state index contributed by atoms with van der Waals surface area (Å²) in [5, 5.41) is 3.15. The Morgan fingerprint density at radius 2 is 1.74 bits per heavy atom. The summed E-state index contributed by atoms with van der Waals surface area (Å²) >= 11 is 0. The van der Waals surface area contributed by atoms with Crippen molar-refractivity contribution in [3.8, 4) is 0 Å². The van der Waals surface area contributed by atoms with E-state index in [-0.39, 0.29) is 17.3 Å². The SMILES string of the molecule is CNC1CCN(S(=O)(=O)c2ccc(F)cc2)CC1.Cl. The Labute approximate surface area is 119 Å². The molecule has 1 aromatic carbocycles. The van der Waals surface area contributed by atoms with Crippen LogP contribution in [0.2, 0.25) is 0 Å². The van der Waals surface area contributed by atoms with Crippen molar-refractivity contribution in [2.24, 2.45) is 0 Å². The maximum atomic E-state index is 12.8. The minimum atomic E-state index is -3.47. The number of nitrogens with zero attached hydrogens (tertiary/aromatic N) is 1. The van der Waals surface area contributed by atoms with Crippen LogP contribution in [0.25, 0.3) is 0 Å². The van der Waals surface area contributed by atoms with Crippen LogP contribution in [0.15, 0.2) is 29.2 Å². The highest BCUT2D eigenvalue weighted by molar-refractivity contribution is 7.89. The zero-order chi connectivity index (χ0) is 13.2. The summed E-state index contributed by atoms with van der Waals surface area (Å²) in [6, 6.07) is 5.36. The second-order valence-corrected chi connectivity index (χ2v) is 6.36. The number of halogens is 2. The van der Waals surface area contributed by atoms with Gasteiger partial charge in [-0.25, -0.2) is 12.8 Å². The Morgan fingerprint density at radius 3 is 2.21 bits per heavy atom. The van der Waals surface area contributed by atoms with Crippen molar-refractivity contribution in [3.05, 3.63) is 30.1 Å². The highest BCUT2D eigenvalue weighted by atomic mass is 35.5. The summed E-state index contributed by atoms with van der Waals surface area (Å²) < 4.78 is 38.8. The van der Waals surface area contributed by atoms with E-state index < -0.39 is 15.8 Å². The Kier molecular flexibility index (Phi) is 5.73. The molecule has 108 valence electrons. The summed E-state index contributed by atoms with van der Waals surface area (Å²) in [5.41, 5.74) is 0. The molecule has 1 saturated heterocycles. The van der Waals surface area contributed by atoms with E-state index in [0.717, 1.165) is 12.8 Å². The third-order valence-electron chi connectivity index (χ3n) is 3.31. The van der Waals surface area contributed by atoms with Gasteiger partial charge >= 0.3 is 0 Å². The van der Waals surface area contributed by atoms with Crippen LogP contribution in [0.4, 0.5) is 4.39 Å². The van der Waals surface area contributed by atoms with Gasteiger partial charge in [0.1, 0.15) is 5.82 Å². The van der Waals surface area contributed by atoms with E-state index >= 15 is 0 Å². The van der Waals surface area contributed by atoms with Crippen LogP contribution in [0.5, 0.6) is 0 Å². The first kappa shape index (κ1) is 16.4. The monoisotopic (exact) mass is 308 g/mol. The molecule has 0 atom stereocenters. The Morgan fingerprint density at radius 1 is 1.21 bits per heavy atom. The van der Waals surface area contributed by atoms with Crippen molar-refractivity contribution in [1.82, 2.24) is 9.62 Å². The molecule has 0 saturated carbocycles. The van der Waals surface area contributed by atoms with Gasteiger partial charge < -0.3 is 5.32 Å². The molecule has 0 amide bonds. The van der Waals surface area contributed by atoms with Gasteiger partial charge in [0.15, 0.2) is 0 Å². The van der Waals surface area contributed by atoms with E-state index in [1.807, 2.05) is 7.05 Å². The summed E-state index contributed by atoms with van der Waals surface area (Å²) in [5.74, 6) is -0.428. The lowest BCUT2D eigenvalue weighted by atomic mass is 10.1. The predicted molar refractivity (Wildman–Crippen MR) is 74.5 cm³/mol. The number of piperidine rings is 1. The van der Waals surface area contributed by atoms with Crippen LogP contribution in [0, 0.1) is 5.82 Å². The quantitative estimate of drug-likeness (QED) is 0.923. The second kappa shape index (κ2) is 6.65. The van der Waals surface area contributed by atoms with Gasteiger partial charge in [-0.1, -0.05) is 0 Å². The second-order valence-electron chi connectivity index (χ2n) is 4.42. The van der Waals surface area contributed by atoms with E-state index in [2.05, 4.69) is 5.32 Å². The first-order valence-electron chi connectivity index (χ1n) is 5.97. The fourth-order valence-corrected chi connectivity index (χ4v) is 3.61. The maximum Gasteiger partial charge on any atom is 0.243 e. The van der Waals surface area contributed by atoms with Gasteiger partial charge in [-0.3, -0.25) is 0 Å². The van der Waals surface area contributed by atoms with Crippen LogP contribution < -0.4 is 5.32 Å². The van der Waals surface area contributed by atoms with Gasteiger partial charge in [-0.2, -0.15) is 4.31 Å². The Bertz CT molecular complexity index is 499. The minimum Gasteiger partial charge on any atom is -0.317 e. The number of hydrogen-bond donors (Lipinski definition) is 1. The zero-order valence-electron chi connectivity index (χ0n) is 10.7. The van der Waals surface area contributed by atoms with Crippen LogP contribution in [-0.2, 0) is 10.0 Å². The lowest BCUT2D eigenvalue weighted by Gasteiger charge is -2.30. The molecule has 1 N–H and O–H groups in total. The Balaban J connectivity index is 0.00000180. The van der Waals surface area contributed by atoms with Crippen LogP contribution in [-0.4, -0.2) is 38.9 Å². The van der Waals surface area contributed by atoms with Crippen molar-refractivity contribution < 1.29 is 12.8 Å². The number of sulfonamides is 1. The molecule has 0 bridgehead atoms. The molecule has 4 nitrogen and oxygen atoms in total. The molecule has 1 aliphatic rings. The average molecular weight is 309 g/mol.